The third-order valence-corrected chi connectivity index (χ3v) is 12.3. The molecule has 0 N–H and O–H groups in total. The number of benzene rings is 10. The Morgan fingerprint density at radius 2 is 0.755 bits per heavy atom. The second-order valence-electron chi connectivity index (χ2n) is 14.0. The van der Waals surface area contributed by atoms with Crippen molar-refractivity contribution in [3.05, 3.63) is 194 Å². The van der Waals surface area contributed by atoms with Gasteiger partial charge in [-0.1, -0.05) is 182 Å². The Morgan fingerprint density at radius 1 is 0.264 bits per heavy atom. The van der Waals surface area contributed by atoms with Gasteiger partial charge in [-0.25, -0.2) is 0 Å². The van der Waals surface area contributed by atoms with Crippen LogP contribution < -0.4 is 0 Å². The van der Waals surface area contributed by atoms with Crippen LogP contribution in [0.1, 0.15) is 0 Å². The van der Waals surface area contributed by atoms with Gasteiger partial charge in [-0.3, -0.25) is 0 Å². The topological polar surface area (TPSA) is 0 Å². The molecule has 0 saturated heterocycles. The second-order valence-corrected chi connectivity index (χ2v) is 15.0. The molecule has 0 atom stereocenters. The van der Waals surface area contributed by atoms with Gasteiger partial charge in [0, 0.05) is 20.2 Å². The zero-order valence-electron chi connectivity index (χ0n) is 28.9. The molecule has 0 fully saturated rings. The summed E-state index contributed by atoms with van der Waals surface area (Å²) in [7, 11) is 0. The van der Waals surface area contributed by atoms with Crippen molar-refractivity contribution in [2.45, 2.75) is 0 Å². The van der Waals surface area contributed by atoms with Crippen molar-refractivity contribution in [3.63, 3.8) is 0 Å². The Hall–Kier alpha value is -6.54. The third kappa shape index (κ3) is 4.75. The lowest BCUT2D eigenvalue weighted by atomic mass is 9.83. The quantitative estimate of drug-likeness (QED) is 0.162. The first-order valence-electron chi connectivity index (χ1n) is 18.3. The first kappa shape index (κ1) is 30.1. The molecule has 1 heterocycles. The second kappa shape index (κ2) is 12.0. The molecule has 53 heavy (non-hydrogen) atoms. The van der Waals surface area contributed by atoms with E-state index in [1.807, 2.05) is 11.3 Å². The monoisotopic (exact) mass is 688 g/mol. The minimum absolute atomic E-state index is 1.22. The SMILES string of the molecule is c1ccc2c(-c3ccc(-c4c5ccccc5c(-c5cccc6ccccc56)c5ccc(-c6cccc7c6sc6ccccc67)cc45)cc3)cccc2c1. The number of fused-ring (bicyclic) bond motifs is 7. The first-order chi connectivity index (χ1) is 26.3. The molecule has 0 aliphatic carbocycles. The Morgan fingerprint density at radius 3 is 1.51 bits per heavy atom. The largest absolute Gasteiger partial charge is 0.135 e. The highest BCUT2D eigenvalue weighted by molar-refractivity contribution is 7.26. The summed E-state index contributed by atoms with van der Waals surface area (Å²) < 4.78 is 2.66. The van der Waals surface area contributed by atoms with E-state index in [9.17, 15) is 0 Å². The molecule has 10 aromatic carbocycles. The molecule has 0 aliphatic heterocycles. The van der Waals surface area contributed by atoms with E-state index in [0.29, 0.717) is 0 Å². The lowest BCUT2D eigenvalue weighted by Gasteiger charge is -2.20. The summed E-state index contributed by atoms with van der Waals surface area (Å²) in [6.07, 6.45) is 0. The maximum absolute atomic E-state index is 2.46. The number of hydrogen-bond donors (Lipinski definition) is 0. The summed E-state index contributed by atoms with van der Waals surface area (Å²) in [5.41, 5.74) is 10.0. The fraction of sp³-hybridized carbons (Fsp3) is 0. The van der Waals surface area contributed by atoms with Crippen LogP contribution in [0.4, 0.5) is 0 Å². The summed E-state index contributed by atoms with van der Waals surface area (Å²) in [5, 5.41) is 12.8. The fourth-order valence-corrected chi connectivity index (χ4v) is 9.90. The molecule has 0 amide bonds. The highest BCUT2D eigenvalue weighted by Gasteiger charge is 2.20. The van der Waals surface area contributed by atoms with Crippen LogP contribution in [0.25, 0.3) is 108 Å². The fourth-order valence-electron chi connectivity index (χ4n) is 8.66. The number of rotatable bonds is 4. The number of hydrogen-bond acceptors (Lipinski definition) is 1. The van der Waals surface area contributed by atoms with Gasteiger partial charge in [0.2, 0.25) is 0 Å². The summed E-state index contributed by atoms with van der Waals surface area (Å²) >= 11 is 1.89. The molecule has 11 aromatic rings. The Labute approximate surface area is 311 Å². The van der Waals surface area contributed by atoms with Crippen LogP contribution >= 0.6 is 11.3 Å². The van der Waals surface area contributed by atoms with Gasteiger partial charge in [0.15, 0.2) is 0 Å². The van der Waals surface area contributed by atoms with E-state index < -0.39 is 0 Å². The lowest BCUT2D eigenvalue weighted by Crippen LogP contribution is -1.93. The van der Waals surface area contributed by atoms with E-state index in [1.165, 1.54) is 108 Å². The van der Waals surface area contributed by atoms with E-state index in [0.717, 1.165) is 0 Å². The van der Waals surface area contributed by atoms with E-state index >= 15 is 0 Å². The van der Waals surface area contributed by atoms with Gasteiger partial charge in [0.1, 0.15) is 0 Å². The van der Waals surface area contributed by atoms with Crippen molar-refractivity contribution in [1.29, 1.82) is 0 Å². The molecular formula is C52H32S. The van der Waals surface area contributed by atoms with Gasteiger partial charge in [-0.15, -0.1) is 11.3 Å². The maximum Gasteiger partial charge on any atom is 0.0433 e. The predicted octanol–water partition coefficient (Wildman–Crippen LogP) is 15.3. The van der Waals surface area contributed by atoms with Crippen LogP contribution in [0, 0.1) is 0 Å². The van der Waals surface area contributed by atoms with Crippen LogP contribution in [-0.2, 0) is 0 Å². The van der Waals surface area contributed by atoms with Gasteiger partial charge >= 0.3 is 0 Å². The summed E-state index contributed by atoms with van der Waals surface area (Å²) in [6.45, 7) is 0. The minimum atomic E-state index is 1.22. The van der Waals surface area contributed by atoms with Crippen molar-refractivity contribution in [2.24, 2.45) is 0 Å². The molecule has 0 aliphatic rings. The Kier molecular flexibility index (Phi) is 6.83. The highest BCUT2D eigenvalue weighted by atomic mass is 32.1. The molecule has 0 spiro atoms. The molecular weight excluding hydrogens is 657 g/mol. The van der Waals surface area contributed by atoms with Gasteiger partial charge in [0.25, 0.3) is 0 Å². The van der Waals surface area contributed by atoms with E-state index in [-0.39, 0.29) is 0 Å². The maximum atomic E-state index is 2.46. The highest BCUT2D eigenvalue weighted by Crippen LogP contribution is 2.48. The van der Waals surface area contributed by atoms with Gasteiger partial charge in [0.05, 0.1) is 0 Å². The van der Waals surface area contributed by atoms with Crippen LogP contribution in [-0.4, -0.2) is 0 Å². The standard InChI is InChI=1S/C52H32S/c1-3-16-38-33(12-1)14-9-21-39(38)35-26-28-36(29-27-35)50-44-19-5-6-20-45(44)51(43-23-10-15-34-13-2-4-17-40(34)43)46-31-30-37(32-48(46)50)41-22-11-24-47-42-18-7-8-25-49(42)53-52(41)47/h1-32H. The predicted molar refractivity (Wildman–Crippen MR) is 231 cm³/mol. The smallest absolute Gasteiger partial charge is 0.0433 e. The summed E-state index contributed by atoms with van der Waals surface area (Å²) in [6, 6.07) is 71.8. The molecule has 0 nitrogen and oxygen atoms in total. The molecule has 1 heteroatoms. The molecule has 11 rings (SSSR count). The van der Waals surface area contributed by atoms with Crippen molar-refractivity contribution in [3.8, 4) is 44.5 Å². The van der Waals surface area contributed by atoms with Crippen LogP contribution in [0.3, 0.4) is 0 Å². The van der Waals surface area contributed by atoms with Crippen molar-refractivity contribution in [1.82, 2.24) is 0 Å². The van der Waals surface area contributed by atoms with E-state index in [2.05, 4.69) is 194 Å². The van der Waals surface area contributed by atoms with Gasteiger partial charge in [-0.05, 0) is 99.7 Å². The zero-order chi connectivity index (χ0) is 34.9. The van der Waals surface area contributed by atoms with Gasteiger partial charge in [-0.2, -0.15) is 0 Å². The third-order valence-electron chi connectivity index (χ3n) is 11.1. The molecule has 1 aromatic heterocycles. The summed E-state index contributed by atoms with van der Waals surface area (Å²) in [4.78, 5) is 0. The van der Waals surface area contributed by atoms with Crippen molar-refractivity contribution in [2.75, 3.05) is 0 Å². The average molecular weight is 689 g/mol. The lowest BCUT2D eigenvalue weighted by molar-refractivity contribution is 1.63. The van der Waals surface area contributed by atoms with E-state index in [1.54, 1.807) is 0 Å². The first-order valence-corrected chi connectivity index (χ1v) is 19.1. The normalized spacial score (nSPS) is 11.8. The molecule has 0 unspecified atom stereocenters. The van der Waals surface area contributed by atoms with E-state index in [4.69, 9.17) is 0 Å². The van der Waals surface area contributed by atoms with Gasteiger partial charge < -0.3 is 0 Å². The minimum Gasteiger partial charge on any atom is -0.135 e. The van der Waals surface area contributed by atoms with Crippen LogP contribution in [0.2, 0.25) is 0 Å². The average Bonchev–Trinajstić information content (AvgIpc) is 3.61. The van der Waals surface area contributed by atoms with Crippen LogP contribution in [0.5, 0.6) is 0 Å². The van der Waals surface area contributed by atoms with Crippen molar-refractivity contribution >= 4 is 74.6 Å². The Bertz CT molecular complexity index is 3210. The Balaban J connectivity index is 1.21. The zero-order valence-corrected chi connectivity index (χ0v) is 29.7. The molecule has 0 bridgehead atoms. The molecule has 246 valence electrons. The van der Waals surface area contributed by atoms with Crippen LogP contribution in [0.15, 0.2) is 194 Å². The number of thiophene rings is 1. The molecule has 0 radical (unpaired) electrons. The van der Waals surface area contributed by atoms with Crippen molar-refractivity contribution < 1.29 is 0 Å². The molecule has 0 saturated carbocycles. The summed E-state index contributed by atoms with van der Waals surface area (Å²) in [5.74, 6) is 0.